The summed E-state index contributed by atoms with van der Waals surface area (Å²) >= 11 is 0. The minimum atomic E-state index is -1.79. The van der Waals surface area contributed by atoms with E-state index in [-0.39, 0.29) is 46.2 Å². The third-order valence-corrected chi connectivity index (χ3v) is 16.6. The molecular formula is C42H72O14. The van der Waals surface area contributed by atoms with Crippen LogP contribution in [0.5, 0.6) is 0 Å². The number of hydrogen-bond acceptors (Lipinski definition) is 14. The Labute approximate surface area is 331 Å². The lowest BCUT2D eigenvalue weighted by Crippen LogP contribution is -2.64. The molecule has 0 bridgehead atoms. The van der Waals surface area contributed by atoms with Crippen molar-refractivity contribution in [1.29, 1.82) is 0 Å². The topological polar surface area (TPSA) is 239 Å². The van der Waals surface area contributed by atoms with Crippen LogP contribution < -0.4 is 0 Å². The Morgan fingerprint density at radius 1 is 0.750 bits per heavy atom. The van der Waals surface area contributed by atoms with E-state index in [2.05, 4.69) is 47.6 Å². The van der Waals surface area contributed by atoms with Gasteiger partial charge < -0.3 is 70.0 Å². The number of hydrogen-bond donors (Lipinski definition) is 10. The molecule has 5 fully saturated rings. The molecule has 14 heteroatoms. The lowest BCUT2D eigenvalue weighted by atomic mass is 9.38. The quantitative estimate of drug-likeness (QED) is 0.132. The van der Waals surface area contributed by atoms with Crippen molar-refractivity contribution in [2.75, 3.05) is 13.2 Å². The molecule has 2 heterocycles. The molecule has 2 saturated heterocycles. The number of fused-ring (bicyclic) bond motifs is 5. The van der Waals surface area contributed by atoms with Crippen LogP contribution in [-0.4, -0.2) is 150 Å². The molecule has 0 spiro atoms. The Hall–Kier alpha value is -0.820. The van der Waals surface area contributed by atoms with Gasteiger partial charge in [-0.2, -0.15) is 0 Å². The first kappa shape index (κ1) is 44.7. The molecule has 0 aromatic rings. The number of allylic oxidation sites excluding steroid dienone is 1. The molecule has 56 heavy (non-hydrogen) atoms. The molecule has 6 rings (SSSR count). The molecule has 0 unspecified atom stereocenters. The van der Waals surface area contributed by atoms with Gasteiger partial charge in [0.25, 0.3) is 0 Å². The molecule has 0 aromatic heterocycles. The van der Waals surface area contributed by atoms with Crippen LogP contribution in [0.25, 0.3) is 0 Å². The van der Waals surface area contributed by atoms with Gasteiger partial charge in [0, 0.05) is 10.8 Å². The summed E-state index contributed by atoms with van der Waals surface area (Å²) in [5.74, 6) is 1.13. The van der Waals surface area contributed by atoms with Crippen LogP contribution in [0.3, 0.4) is 0 Å². The fourth-order valence-electron chi connectivity index (χ4n) is 12.6. The number of ether oxygens (including phenoxy) is 4. The lowest BCUT2D eigenvalue weighted by molar-refractivity contribution is -0.328. The minimum absolute atomic E-state index is 0.00876. The van der Waals surface area contributed by atoms with E-state index in [1.807, 2.05) is 0 Å². The zero-order chi connectivity index (χ0) is 41.5. The van der Waals surface area contributed by atoms with Crippen LogP contribution in [0.2, 0.25) is 0 Å². The fraction of sp³-hybridized carbons (Fsp3) is 0.952. The smallest absolute Gasteiger partial charge is 0.186 e. The Bertz CT molecular complexity index is 1400. The fourth-order valence-corrected chi connectivity index (χ4v) is 12.6. The SMILES string of the molecule is C[C@H](CC[C@@H](OC[C@@H]1O[C@H](OC[C@H]2O[C@@H](O)[C@H](O)[C@@H](O)[C@@H]2O)[C@@H](O)[C@H](O)[C@H]1O)C(C)(C)O)[C@H]1CC[C@@]2(C)[C@@H]3CC=C4[C@@H](CC[C@H](O)C4(C)C)[C@]3(C)[C@H](O)C[C@]12C. The molecule has 20 atom stereocenters. The van der Waals surface area contributed by atoms with Crippen molar-refractivity contribution < 1.29 is 70.0 Å². The van der Waals surface area contributed by atoms with E-state index < -0.39 is 85.8 Å². The molecule has 0 amide bonds. The summed E-state index contributed by atoms with van der Waals surface area (Å²) < 4.78 is 22.7. The zero-order valence-corrected chi connectivity index (χ0v) is 34.6. The third-order valence-electron chi connectivity index (χ3n) is 16.6. The number of aliphatic hydroxyl groups is 10. The molecule has 10 N–H and O–H groups in total. The average molecular weight is 801 g/mol. The summed E-state index contributed by atoms with van der Waals surface area (Å²) in [5.41, 5.74) is -0.644. The average Bonchev–Trinajstić information content (AvgIpc) is 3.39. The van der Waals surface area contributed by atoms with E-state index >= 15 is 0 Å². The monoisotopic (exact) mass is 800 g/mol. The molecule has 14 nitrogen and oxygen atoms in total. The maximum atomic E-state index is 12.2. The van der Waals surface area contributed by atoms with Crippen molar-refractivity contribution in [3.05, 3.63) is 11.6 Å². The Balaban J connectivity index is 1.09. The predicted molar refractivity (Wildman–Crippen MR) is 202 cm³/mol. The first-order valence-electron chi connectivity index (χ1n) is 21.0. The predicted octanol–water partition coefficient (Wildman–Crippen LogP) is 1.12. The molecule has 324 valence electrons. The molecule has 2 aliphatic heterocycles. The van der Waals surface area contributed by atoms with Gasteiger partial charge in [-0.1, -0.05) is 53.2 Å². The molecule has 0 aromatic carbocycles. The highest BCUT2D eigenvalue weighted by molar-refractivity contribution is 5.31. The Kier molecular flexibility index (Phi) is 12.7. The van der Waals surface area contributed by atoms with Crippen LogP contribution in [-0.2, 0) is 18.9 Å². The highest BCUT2D eigenvalue weighted by Crippen LogP contribution is 2.75. The zero-order valence-electron chi connectivity index (χ0n) is 34.6. The van der Waals surface area contributed by atoms with Crippen LogP contribution >= 0.6 is 0 Å². The van der Waals surface area contributed by atoms with Crippen molar-refractivity contribution >= 4 is 0 Å². The van der Waals surface area contributed by atoms with Gasteiger partial charge in [-0.15, -0.1) is 0 Å². The molecular weight excluding hydrogens is 728 g/mol. The first-order valence-corrected chi connectivity index (χ1v) is 21.0. The second-order valence-corrected chi connectivity index (χ2v) is 20.3. The third kappa shape index (κ3) is 7.37. The second kappa shape index (κ2) is 15.9. The van der Waals surface area contributed by atoms with Gasteiger partial charge in [-0.05, 0) is 99.7 Å². The summed E-state index contributed by atoms with van der Waals surface area (Å²) in [6.45, 7) is 16.3. The summed E-state index contributed by atoms with van der Waals surface area (Å²) in [6.07, 6.45) is -8.32. The number of rotatable bonds is 11. The van der Waals surface area contributed by atoms with Gasteiger partial charge >= 0.3 is 0 Å². The standard InChI is InChI=1S/C42H72O14/c1-20(21-15-16-40(6)26-12-10-22-23(11-13-27(43)38(22,2)3)42(26,8)28(44)17-41(21,40)7)9-14-29(39(4,5)52)53-18-25-31(46)33(48)35(50)37(56-25)54-19-24-30(45)32(47)34(49)36(51)55-24/h10,20-21,23-37,43-52H,9,11-19H2,1-8H3/t20-,21-,23-,24-,25+,26+,27+,28-,29-,30-,31+,32+,33-,34-,35+,36-,37+,40+,41-,42+/m1/s1. The van der Waals surface area contributed by atoms with Gasteiger partial charge in [0.15, 0.2) is 12.6 Å². The van der Waals surface area contributed by atoms with E-state index in [1.165, 1.54) is 5.57 Å². The summed E-state index contributed by atoms with van der Waals surface area (Å²) in [6, 6.07) is 0. The van der Waals surface area contributed by atoms with Crippen molar-refractivity contribution in [1.82, 2.24) is 0 Å². The van der Waals surface area contributed by atoms with Gasteiger partial charge in [0.2, 0.25) is 0 Å². The van der Waals surface area contributed by atoms with E-state index in [0.717, 1.165) is 38.5 Å². The van der Waals surface area contributed by atoms with Gasteiger partial charge in [0.1, 0.15) is 48.8 Å². The largest absolute Gasteiger partial charge is 0.393 e. The normalized spacial score (nSPS) is 50.3. The summed E-state index contributed by atoms with van der Waals surface area (Å²) in [7, 11) is 0. The van der Waals surface area contributed by atoms with Gasteiger partial charge in [-0.25, -0.2) is 0 Å². The molecule has 6 aliphatic rings. The van der Waals surface area contributed by atoms with E-state index in [1.54, 1.807) is 13.8 Å². The van der Waals surface area contributed by atoms with Crippen LogP contribution in [0, 0.1) is 45.3 Å². The minimum Gasteiger partial charge on any atom is -0.393 e. The van der Waals surface area contributed by atoms with Crippen molar-refractivity contribution in [2.24, 2.45) is 45.3 Å². The lowest BCUT2D eigenvalue weighted by Gasteiger charge is -2.67. The Morgan fingerprint density at radius 2 is 1.38 bits per heavy atom. The second-order valence-electron chi connectivity index (χ2n) is 20.3. The first-order chi connectivity index (χ1) is 25.9. The molecule has 3 saturated carbocycles. The number of aliphatic hydroxyl groups excluding tert-OH is 9. The van der Waals surface area contributed by atoms with Crippen LogP contribution in [0.1, 0.15) is 107 Å². The highest BCUT2D eigenvalue weighted by atomic mass is 16.7. The van der Waals surface area contributed by atoms with E-state index in [4.69, 9.17) is 18.9 Å². The molecule has 4 aliphatic carbocycles. The summed E-state index contributed by atoms with van der Waals surface area (Å²) in [4.78, 5) is 0. The van der Waals surface area contributed by atoms with Crippen LogP contribution in [0.15, 0.2) is 11.6 Å². The van der Waals surface area contributed by atoms with E-state index in [0.29, 0.717) is 24.7 Å². The van der Waals surface area contributed by atoms with Crippen LogP contribution in [0.4, 0.5) is 0 Å². The molecule has 0 radical (unpaired) electrons. The highest BCUT2D eigenvalue weighted by Gasteiger charge is 2.70. The van der Waals surface area contributed by atoms with Crippen molar-refractivity contribution in [3.63, 3.8) is 0 Å². The maximum Gasteiger partial charge on any atom is 0.186 e. The van der Waals surface area contributed by atoms with Gasteiger partial charge in [-0.3, -0.25) is 0 Å². The maximum absolute atomic E-state index is 12.2. The van der Waals surface area contributed by atoms with Gasteiger partial charge in [0.05, 0.1) is 37.1 Å². The Morgan fingerprint density at radius 3 is 2.02 bits per heavy atom. The summed E-state index contributed by atoms with van der Waals surface area (Å²) in [5, 5.41) is 106. The van der Waals surface area contributed by atoms with E-state index in [9.17, 15) is 51.1 Å². The van der Waals surface area contributed by atoms with Crippen molar-refractivity contribution in [3.8, 4) is 0 Å². The van der Waals surface area contributed by atoms with Crippen molar-refractivity contribution in [2.45, 2.75) is 192 Å².